The van der Waals surface area contributed by atoms with Gasteiger partial charge in [0.15, 0.2) is 0 Å². The minimum absolute atomic E-state index is 0.129. The van der Waals surface area contributed by atoms with Gasteiger partial charge in [0.1, 0.15) is 17.6 Å². The fraction of sp³-hybridized carbons (Fsp3) is 0.222. The van der Waals surface area contributed by atoms with E-state index < -0.39 is 22.8 Å². The van der Waals surface area contributed by atoms with Crippen molar-refractivity contribution in [2.45, 2.75) is 6.10 Å². The molecule has 1 amide bonds. The highest BCUT2D eigenvalue weighted by Gasteiger charge is 2.16. The molecule has 0 saturated carbocycles. The van der Waals surface area contributed by atoms with Crippen molar-refractivity contribution >= 4 is 17.3 Å². The second-order valence-electron chi connectivity index (χ2n) is 3.22. The molecule has 92 valence electrons. The summed E-state index contributed by atoms with van der Waals surface area (Å²) < 4.78 is 12.9. The summed E-state index contributed by atoms with van der Waals surface area (Å²) in [7, 11) is 0. The maximum absolute atomic E-state index is 12.9. The summed E-state index contributed by atoms with van der Waals surface area (Å²) in [6.07, 6.45) is -1.50. The first-order chi connectivity index (χ1) is 7.91. The van der Waals surface area contributed by atoms with Crippen molar-refractivity contribution in [3.8, 4) is 0 Å². The third-order valence-electron chi connectivity index (χ3n) is 1.97. The van der Waals surface area contributed by atoms with E-state index in [0.29, 0.717) is 0 Å². The Labute approximate surface area is 95.2 Å². The van der Waals surface area contributed by atoms with Crippen LogP contribution in [0.3, 0.4) is 0 Å². The van der Waals surface area contributed by atoms with Crippen LogP contribution in [0.15, 0.2) is 18.2 Å². The number of hydrogen-bond acceptors (Lipinski definition) is 5. The van der Waals surface area contributed by atoms with Crippen LogP contribution in [0, 0.1) is 15.9 Å². The lowest BCUT2D eigenvalue weighted by molar-refractivity contribution is -0.384. The number of nitro groups is 1. The second-order valence-corrected chi connectivity index (χ2v) is 3.22. The van der Waals surface area contributed by atoms with Crippen LogP contribution >= 0.6 is 0 Å². The number of benzene rings is 1. The largest absolute Gasteiger partial charge is 0.381 e. The molecule has 0 aromatic heterocycles. The molecule has 1 unspecified atom stereocenters. The molecule has 0 saturated heterocycles. The van der Waals surface area contributed by atoms with Crippen LogP contribution in [0.2, 0.25) is 0 Å². The highest BCUT2D eigenvalue weighted by Crippen LogP contribution is 2.24. The van der Waals surface area contributed by atoms with E-state index in [-0.39, 0.29) is 17.9 Å². The number of nitrogens with two attached hydrogens (primary N) is 1. The zero-order chi connectivity index (χ0) is 13.0. The van der Waals surface area contributed by atoms with Crippen molar-refractivity contribution in [1.29, 1.82) is 0 Å². The fourth-order valence-electron chi connectivity index (χ4n) is 1.12. The van der Waals surface area contributed by atoms with E-state index in [1.807, 2.05) is 0 Å². The molecule has 1 atom stereocenters. The van der Waals surface area contributed by atoms with E-state index in [4.69, 9.17) is 10.8 Å². The number of carbonyl (C=O) groups is 1. The Kier molecular flexibility index (Phi) is 3.94. The molecule has 7 nitrogen and oxygen atoms in total. The lowest BCUT2D eigenvalue weighted by atomic mass is 10.2. The lowest BCUT2D eigenvalue weighted by Crippen LogP contribution is -2.34. The van der Waals surface area contributed by atoms with Gasteiger partial charge in [-0.1, -0.05) is 0 Å². The monoisotopic (exact) mass is 243 g/mol. The van der Waals surface area contributed by atoms with Crippen molar-refractivity contribution in [3.05, 3.63) is 34.1 Å². The maximum Gasteiger partial charge on any atom is 0.292 e. The number of nitro benzene ring substituents is 1. The summed E-state index contributed by atoms with van der Waals surface area (Å²) in [5, 5.41) is 22.1. The summed E-state index contributed by atoms with van der Waals surface area (Å²) in [6.45, 7) is -0.334. The minimum atomic E-state index is -1.50. The van der Waals surface area contributed by atoms with Gasteiger partial charge in [0.25, 0.3) is 5.69 Å². The van der Waals surface area contributed by atoms with Crippen LogP contribution in [0.5, 0.6) is 0 Å². The Hall–Kier alpha value is -2.22. The van der Waals surface area contributed by atoms with Crippen molar-refractivity contribution in [3.63, 3.8) is 0 Å². The summed E-state index contributed by atoms with van der Waals surface area (Å²) in [4.78, 5) is 20.4. The normalized spacial score (nSPS) is 11.9. The van der Waals surface area contributed by atoms with Gasteiger partial charge < -0.3 is 16.2 Å². The van der Waals surface area contributed by atoms with Gasteiger partial charge >= 0.3 is 0 Å². The topological polar surface area (TPSA) is 118 Å². The fourth-order valence-corrected chi connectivity index (χ4v) is 1.12. The molecular weight excluding hydrogens is 233 g/mol. The number of carbonyl (C=O) groups excluding carboxylic acids is 1. The summed E-state index contributed by atoms with van der Waals surface area (Å²) in [5.41, 5.74) is 4.30. The van der Waals surface area contributed by atoms with Crippen molar-refractivity contribution in [1.82, 2.24) is 0 Å². The highest BCUT2D eigenvalue weighted by atomic mass is 19.1. The van der Waals surface area contributed by atoms with Crippen molar-refractivity contribution < 1.29 is 19.2 Å². The third kappa shape index (κ3) is 3.38. The molecule has 0 aliphatic carbocycles. The number of nitrogens with one attached hydrogen (secondary N) is 1. The summed E-state index contributed by atoms with van der Waals surface area (Å²) in [6, 6.07) is 2.81. The molecule has 4 N–H and O–H groups in total. The first-order valence-corrected chi connectivity index (χ1v) is 4.57. The average molecular weight is 243 g/mol. The number of aliphatic hydroxyl groups is 1. The predicted octanol–water partition coefficient (Wildman–Crippen LogP) is -0.00800. The van der Waals surface area contributed by atoms with E-state index >= 15 is 0 Å². The van der Waals surface area contributed by atoms with Gasteiger partial charge in [-0.2, -0.15) is 0 Å². The number of halogens is 1. The van der Waals surface area contributed by atoms with Gasteiger partial charge in [-0.3, -0.25) is 14.9 Å². The number of anilines is 1. The maximum atomic E-state index is 12.9. The Balaban J connectivity index is 2.85. The number of amides is 1. The van der Waals surface area contributed by atoms with Crippen LogP contribution in [0.4, 0.5) is 15.8 Å². The first-order valence-electron chi connectivity index (χ1n) is 4.57. The SMILES string of the molecule is NC(=O)C(O)CNc1cc(F)ccc1[N+](=O)[O-]. The lowest BCUT2D eigenvalue weighted by Gasteiger charge is -2.09. The van der Waals surface area contributed by atoms with Crippen LogP contribution < -0.4 is 11.1 Å². The Bertz CT molecular complexity index is 452. The van der Waals surface area contributed by atoms with Gasteiger partial charge in [-0.05, 0) is 6.07 Å². The standard InChI is InChI=1S/C9H10FN3O4/c10-5-1-2-7(13(16)17)6(3-5)12-4-8(14)9(11)15/h1-3,8,12,14H,4H2,(H2,11,15). The van der Waals surface area contributed by atoms with Gasteiger partial charge in [0, 0.05) is 12.1 Å². The quantitative estimate of drug-likeness (QED) is 0.496. The Morgan fingerprint density at radius 2 is 2.29 bits per heavy atom. The van der Waals surface area contributed by atoms with Gasteiger partial charge in [0.05, 0.1) is 11.5 Å². The van der Waals surface area contributed by atoms with Crippen LogP contribution in [-0.4, -0.2) is 28.6 Å². The van der Waals surface area contributed by atoms with Gasteiger partial charge in [-0.25, -0.2) is 4.39 Å². The number of nitrogens with zero attached hydrogens (tertiary/aromatic N) is 1. The van der Waals surface area contributed by atoms with E-state index in [1.165, 1.54) is 0 Å². The van der Waals surface area contributed by atoms with Crippen LogP contribution in [0.25, 0.3) is 0 Å². The van der Waals surface area contributed by atoms with E-state index in [9.17, 15) is 19.3 Å². The summed E-state index contributed by atoms with van der Waals surface area (Å²) in [5.74, 6) is -1.65. The molecule has 1 aromatic rings. The zero-order valence-corrected chi connectivity index (χ0v) is 8.59. The molecule has 0 aliphatic heterocycles. The molecule has 17 heavy (non-hydrogen) atoms. The Morgan fingerprint density at radius 3 is 2.82 bits per heavy atom. The molecule has 0 fully saturated rings. The molecule has 0 heterocycles. The molecule has 0 radical (unpaired) electrons. The van der Waals surface area contributed by atoms with E-state index in [2.05, 4.69) is 5.32 Å². The average Bonchev–Trinajstić information content (AvgIpc) is 2.25. The van der Waals surface area contributed by atoms with Gasteiger partial charge in [-0.15, -0.1) is 0 Å². The smallest absolute Gasteiger partial charge is 0.292 e. The summed E-state index contributed by atoms with van der Waals surface area (Å²) >= 11 is 0. The Morgan fingerprint density at radius 1 is 1.65 bits per heavy atom. The molecule has 0 aliphatic rings. The molecule has 0 spiro atoms. The number of primary amides is 1. The molecular formula is C9H10FN3O4. The van der Waals surface area contributed by atoms with Crippen LogP contribution in [0.1, 0.15) is 0 Å². The van der Waals surface area contributed by atoms with Crippen molar-refractivity contribution in [2.24, 2.45) is 5.73 Å². The number of aliphatic hydroxyl groups excluding tert-OH is 1. The van der Waals surface area contributed by atoms with Gasteiger partial charge in [0.2, 0.25) is 5.91 Å². The third-order valence-corrected chi connectivity index (χ3v) is 1.97. The zero-order valence-electron chi connectivity index (χ0n) is 8.59. The molecule has 8 heteroatoms. The molecule has 1 rings (SSSR count). The highest BCUT2D eigenvalue weighted by molar-refractivity contribution is 5.79. The molecule has 0 bridgehead atoms. The van der Waals surface area contributed by atoms with E-state index in [1.54, 1.807) is 0 Å². The second kappa shape index (κ2) is 5.21. The number of rotatable bonds is 5. The van der Waals surface area contributed by atoms with Crippen molar-refractivity contribution in [2.75, 3.05) is 11.9 Å². The minimum Gasteiger partial charge on any atom is -0.381 e. The molecule has 1 aromatic carbocycles. The first kappa shape index (κ1) is 12.8. The number of hydrogen-bond donors (Lipinski definition) is 3. The van der Waals surface area contributed by atoms with E-state index in [0.717, 1.165) is 18.2 Å². The predicted molar refractivity (Wildman–Crippen MR) is 56.7 cm³/mol. The van der Waals surface area contributed by atoms with Crippen LogP contribution in [-0.2, 0) is 4.79 Å².